The average molecular weight is 449 g/mol. The summed E-state index contributed by atoms with van der Waals surface area (Å²) in [7, 11) is 0. The van der Waals surface area contributed by atoms with Crippen LogP contribution in [0.5, 0.6) is 0 Å². The van der Waals surface area contributed by atoms with Crippen molar-refractivity contribution in [2.24, 2.45) is 5.73 Å². The maximum absolute atomic E-state index is 12.2. The first kappa shape index (κ1) is 24.2. The highest BCUT2D eigenvalue weighted by Gasteiger charge is 2.19. The van der Waals surface area contributed by atoms with Crippen molar-refractivity contribution in [1.29, 1.82) is 0 Å². The van der Waals surface area contributed by atoms with E-state index in [0.717, 1.165) is 44.0 Å². The number of hydrogen-bond donors (Lipinski definition) is 4. The van der Waals surface area contributed by atoms with Crippen LogP contribution in [0.25, 0.3) is 6.08 Å². The van der Waals surface area contributed by atoms with Gasteiger partial charge in [0.15, 0.2) is 0 Å². The zero-order chi connectivity index (χ0) is 23.5. The molecule has 1 saturated heterocycles. The Morgan fingerprint density at radius 1 is 1.12 bits per heavy atom. The summed E-state index contributed by atoms with van der Waals surface area (Å²) in [4.78, 5) is 26.0. The van der Waals surface area contributed by atoms with E-state index in [4.69, 9.17) is 15.7 Å². The molecule has 1 fully saturated rings. The molecule has 172 valence electrons. The first-order valence-electron chi connectivity index (χ1n) is 10.7. The fraction of sp³-hybridized carbons (Fsp3) is 0.280. The number of nitrogens with one attached hydrogen (secondary N) is 2. The summed E-state index contributed by atoms with van der Waals surface area (Å²) in [6.07, 6.45) is 3.74. The lowest BCUT2D eigenvalue weighted by Gasteiger charge is -2.26. The molecule has 3 rings (SSSR count). The van der Waals surface area contributed by atoms with Gasteiger partial charge < -0.3 is 15.8 Å². The highest BCUT2D eigenvalue weighted by Crippen LogP contribution is 2.10. The van der Waals surface area contributed by atoms with Crippen molar-refractivity contribution < 1.29 is 19.5 Å². The second kappa shape index (κ2) is 12.5. The van der Waals surface area contributed by atoms with Crippen LogP contribution < -0.4 is 16.5 Å². The van der Waals surface area contributed by atoms with Crippen LogP contribution in [0.4, 0.5) is 0 Å². The third-order valence-corrected chi connectivity index (χ3v) is 5.18. The number of rotatable bonds is 7. The van der Waals surface area contributed by atoms with Gasteiger partial charge in [0.25, 0.3) is 11.8 Å². The van der Waals surface area contributed by atoms with Crippen molar-refractivity contribution in [3.05, 3.63) is 76.9 Å². The summed E-state index contributed by atoms with van der Waals surface area (Å²) in [6.45, 7) is 4.34. The van der Waals surface area contributed by atoms with E-state index in [-0.39, 0.29) is 6.54 Å². The molecule has 8 heteroatoms. The van der Waals surface area contributed by atoms with Crippen LogP contribution in [-0.4, -0.2) is 60.8 Å². The Balaban J connectivity index is 1.51. The Bertz CT molecular complexity index is 1020. The monoisotopic (exact) mass is 448 g/mol. The van der Waals surface area contributed by atoms with Gasteiger partial charge in [-0.25, -0.2) is 5.48 Å². The molecule has 1 aliphatic rings. The van der Waals surface area contributed by atoms with E-state index in [2.05, 4.69) is 46.3 Å². The zero-order valence-corrected chi connectivity index (χ0v) is 18.3. The molecular formula is C25H28N4O4. The van der Waals surface area contributed by atoms with Gasteiger partial charge in [0.05, 0.1) is 13.2 Å². The number of nitrogens with two attached hydrogens (primary N) is 1. The number of nitrogens with zero attached hydrogens (tertiary/aromatic N) is 1. The molecule has 0 radical (unpaired) electrons. The van der Waals surface area contributed by atoms with Crippen LogP contribution in [0.3, 0.4) is 0 Å². The molecule has 33 heavy (non-hydrogen) atoms. The van der Waals surface area contributed by atoms with Gasteiger partial charge in [0.2, 0.25) is 0 Å². The molecule has 0 bridgehead atoms. The van der Waals surface area contributed by atoms with Gasteiger partial charge in [-0.15, -0.1) is 0 Å². The summed E-state index contributed by atoms with van der Waals surface area (Å²) in [5, 5.41) is 11.1. The zero-order valence-electron chi connectivity index (χ0n) is 18.3. The third-order valence-electron chi connectivity index (χ3n) is 5.18. The van der Waals surface area contributed by atoms with Crippen molar-refractivity contribution >= 4 is 17.9 Å². The smallest absolute Gasteiger partial charge is 0.267 e. The van der Waals surface area contributed by atoms with Crippen LogP contribution >= 0.6 is 0 Å². The van der Waals surface area contributed by atoms with Gasteiger partial charge in [-0.05, 0) is 47.5 Å². The fourth-order valence-corrected chi connectivity index (χ4v) is 3.27. The van der Waals surface area contributed by atoms with E-state index in [1.165, 1.54) is 11.0 Å². The number of carbonyl (C=O) groups is 2. The maximum Gasteiger partial charge on any atom is 0.267 e. The van der Waals surface area contributed by atoms with E-state index >= 15 is 0 Å². The maximum atomic E-state index is 12.2. The second-order valence-electron chi connectivity index (χ2n) is 7.55. The van der Waals surface area contributed by atoms with Gasteiger partial charge in [-0.1, -0.05) is 36.1 Å². The molecule has 1 atom stereocenters. The Morgan fingerprint density at radius 2 is 1.82 bits per heavy atom. The largest absolute Gasteiger partial charge is 0.379 e. The number of morpholine rings is 1. The molecule has 1 aliphatic heterocycles. The van der Waals surface area contributed by atoms with E-state index in [9.17, 15) is 9.59 Å². The van der Waals surface area contributed by atoms with Crippen LogP contribution in [0.1, 0.15) is 27.0 Å². The van der Waals surface area contributed by atoms with E-state index in [1.807, 2.05) is 6.08 Å². The average Bonchev–Trinajstić information content (AvgIpc) is 2.86. The van der Waals surface area contributed by atoms with Gasteiger partial charge >= 0.3 is 0 Å². The second-order valence-corrected chi connectivity index (χ2v) is 7.55. The highest BCUT2D eigenvalue weighted by molar-refractivity contribution is 5.97. The van der Waals surface area contributed by atoms with Crippen molar-refractivity contribution in [1.82, 2.24) is 15.7 Å². The number of hydrogen-bond acceptors (Lipinski definition) is 6. The van der Waals surface area contributed by atoms with E-state index in [1.54, 1.807) is 30.3 Å². The number of allylic oxidation sites excluding steroid dienone is 1. The number of ether oxygens (including phenoxy) is 1. The SMILES string of the molecule is NC[C@H](NC(=O)c1ccc(C#CC=Cc2ccc(CN3CCOCC3)cc2)cc1)C(=O)NO. The summed E-state index contributed by atoms with van der Waals surface area (Å²) >= 11 is 0. The topological polar surface area (TPSA) is 117 Å². The molecule has 0 aliphatic carbocycles. The van der Waals surface area contributed by atoms with Crippen molar-refractivity contribution in [3.63, 3.8) is 0 Å². The summed E-state index contributed by atoms with van der Waals surface area (Å²) in [6, 6.07) is 14.1. The molecule has 2 aromatic carbocycles. The molecule has 0 saturated carbocycles. The molecule has 0 unspecified atom stereocenters. The lowest BCUT2D eigenvalue weighted by atomic mass is 10.1. The lowest BCUT2D eigenvalue weighted by Crippen LogP contribution is -2.50. The molecule has 2 amide bonds. The number of hydroxylamine groups is 1. The molecule has 0 spiro atoms. The highest BCUT2D eigenvalue weighted by atomic mass is 16.5. The van der Waals surface area contributed by atoms with Crippen LogP contribution in [0, 0.1) is 11.8 Å². The summed E-state index contributed by atoms with van der Waals surface area (Å²) in [5.41, 5.74) is 10.4. The molecule has 2 aromatic rings. The number of amides is 2. The normalized spacial score (nSPS) is 14.8. The van der Waals surface area contributed by atoms with Gasteiger partial charge in [0.1, 0.15) is 6.04 Å². The Hall–Kier alpha value is -3.48. The minimum Gasteiger partial charge on any atom is -0.379 e. The van der Waals surface area contributed by atoms with Crippen molar-refractivity contribution in [2.45, 2.75) is 12.6 Å². The molecule has 8 nitrogen and oxygen atoms in total. The van der Waals surface area contributed by atoms with Crippen molar-refractivity contribution in [2.75, 3.05) is 32.8 Å². The molecule has 0 aromatic heterocycles. The van der Waals surface area contributed by atoms with Crippen LogP contribution in [0.15, 0.2) is 54.6 Å². The molecule has 1 heterocycles. The molecule has 5 N–H and O–H groups in total. The summed E-state index contributed by atoms with van der Waals surface area (Å²) < 4.78 is 5.38. The van der Waals surface area contributed by atoms with Crippen LogP contribution in [-0.2, 0) is 16.1 Å². The van der Waals surface area contributed by atoms with Gasteiger partial charge in [-0.2, -0.15) is 0 Å². The van der Waals surface area contributed by atoms with Crippen LogP contribution in [0.2, 0.25) is 0 Å². The Kier molecular flexibility index (Phi) is 9.18. The lowest BCUT2D eigenvalue weighted by molar-refractivity contribution is -0.130. The minimum atomic E-state index is -1.01. The van der Waals surface area contributed by atoms with E-state index < -0.39 is 17.9 Å². The predicted octanol–water partition coefficient (Wildman–Crippen LogP) is 1.15. The fourth-order valence-electron chi connectivity index (χ4n) is 3.27. The molecular weight excluding hydrogens is 420 g/mol. The predicted molar refractivity (Wildman–Crippen MR) is 125 cm³/mol. The van der Waals surface area contributed by atoms with Crippen molar-refractivity contribution in [3.8, 4) is 11.8 Å². The van der Waals surface area contributed by atoms with Gasteiger partial charge in [-0.3, -0.25) is 19.7 Å². The van der Waals surface area contributed by atoms with E-state index in [0.29, 0.717) is 5.56 Å². The first-order chi connectivity index (χ1) is 16.1. The summed E-state index contributed by atoms with van der Waals surface area (Å²) in [5.74, 6) is 4.78. The minimum absolute atomic E-state index is 0.134. The number of benzene rings is 2. The Morgan fingerprint density at radius 3 is 2.45 bits per heavy atom. The third kappa shape index (κ3) is 7.56. The quantitative estimate of drug-likeness (QED) is 0.287. The first-order valence-corrected chi connectivity index (χ1v) is 10.7. The Labute approximate surface area is 193 Å². The number of carbonyl (C=O) groups excluding carboxylic acids is 2. The van der Waals surface area contributed by atoms with Gasteiger partial charge in [0, 0.05) is 37.3 Å². The standard InChI is InChI=1S/C25H28N4O4/c26-17-23(25(31)28-32)27-24(30)22-11-9-20(10-12-22)4-2-1-3-19-5-7-21(8-6-19)18-29-13-15-33-16-14-29/h1,3,5-12,23,32H,13-18,26H2,(H,27,30)(H,28,31)/t23-/m0/s1.